The summed E-state index contributed by atoms with van der Waals surface area (Å²) in [7, 11) is 1.58. The number of hydrogen-bond donors (Lipinski definition) is 1. The Morgan fingerprint density at radius 1 is 1.12 bits per heavy atom. The summed E-state index contributed by atoms with van der Waals surface area (Å²) in [4.78, 5) is 12.2. The van der Waals surface area contributed by atoms with Gasteiger partial charge in [0, 0.05) is 35.9 Å². The fourth-order valence-electron chi connectivity index (χ4n) is 3.26. The number of H-pyrrole nitrogens is 1. The molecule has 0 saturated carbocycles. The van der Waals surface area contributed by atoms with E-state index in [9.17, 15) is 0 Å². The molecule has 130 valence electrons. The number of nitrogens with one attached hydrogen (secondary N) is 1. The molecule has 0 atom stereocenters. The molecule has 3 aromatic heterocycles. The fraction of sp³-hybridized carbons (Fsp3) is 0.444. The fourth-order valence-corrected chi connectivity index (χ4v) is 3.26. The Hall–Kier alpha value is -2.12. The minimum absolute atomic E-state index is 0.369. The highest BCUT2D eigenvalue weighted by Crippen LogP contribution is 2.37. The van der Waals surface area contributed by atoms with E-state index in [2.05, 4.69) is 48.7 Å². The van der Waals surface area contributed by atoms with Gasteiger partial charge in [-0.05, 0) is 40.7 Å². The van der Waals surface area contributed by atoms with Crippen molar-refractivity contribution < 1.29 is 9.31 Å². The second-order valence-electron chi connectivity index (χ2n) is 7.74. The predicted molar refractivity (Wildman–Crippen MR) is 98.7 cm³/mol. The van der Waals surface area contributed by atoms with E-state index in [-0.39, 0.29) is 11.2 Å². The molecule has 0 aliphatic carbocycles. The Labute approximate surface area is 147 Å². The monoisotopic (exact) mass is 338 g/mol. The molecule has 1 aliphatic heterocycles. The first-order valence-corrected chi connectivity index (χ1v) is 8.50. The summed E-state index contributed by atoms with van der Waals surface area (Å²) >= 11 is 0. The predicted octanol–water partition coefficient (Wildman–Crippen LogP) is 2.57. The van der Waals surface area contributed by atoms with E-state index in [1.807, 2.05) is 37.3 Å². The Morgan fingerprint density at radius 3 is 2.40 bits per heavy atom. The average Bonchev–Trinajstić information content (AvgIpc) is 3.14. The molecule has 25 heavy (non-hydrogen) atoms. The summed E-state index contributed by atoms with van der Waals surface area (Å²) in [5.74, 6) is 0. The summed E-state index contributed by atoms with van der Waals surface area (Å²) in [6, 6.07) is 2.10. The van der Waals surface area contributed by atoms with Crippen LogP contribution in [0.2, 0.25) is 0 Å². The van der Waals surface area contributed by atoms with Crippen LogP contribution in [0.1, 0.15) is 33.4 Å². The summed E-state index contributed by atoms with van der Waals surface area (Å²) in [5, 5.41) is 1.04. The lowest BCUT2D eigenvalue weighted by Crippen LogP contribution is -2.41. The van der Waals surface area contributed by atoms with Gasteiger partial charge in [0.25, 0.3) is 0 Å². The van der Waals surface area contributed by atoms with Crippen LogP contribution in [-0.2, 0) is 16.4 Å². The van der Waals surface area contributed by atoms with Crippen molar-refractivity contribution in [3.8, 4) is 11.3 Å². The molecule has 1 saturated heterocycles. The molecule has 4 rings (SSSR count). The minimum Gasteiger partial charge on any atom is -0.399 e. The molecule has 6 nitrogen and oxygen atoms in total. The maximum absolute atomic E-state index is 6.16. The molecule has 0 bridgehead atoms. The zero-order valence-corrected chi connectivity index (χ0v) is 15.5. The van der Waals surface area contributed by atoms with Crippen molar-refractivity contribution in [2.75, 3.05) is 0 Å². The lowest BCUT2D eigenvalue weighted by atomic mass is 9.80. The SMILES string of the molecule is Cc1ncn(C)c1-c1c[nH]c2ncc(B3OC(C)(C)C(C)(C)O3)cc12. The number of fused-ring (bicyclic) bond motifs is 1. The van der Waals surface area contributed by atoms with Gasteiger partial charge in [0.05, 0.1) is 28.9 Å². The summed E-state index contributed by atoms with van der Waals surface area (Å²) in [6.45, 7) is 10.2. The first-order chi connectivity index (χ1) is 11.7. The second kappa shape index (κ2) is 5.19. The number of rotatable bonds is 2. The van der Waals surface area contributed by atoms with E-state index < -0.39 is 7.12 Å². The lowest BCUT2D eigenvalue weighted by molar-refractivity contribution is 0.00578. The van der Waals surface area contributed by atoms with Crippen LogP contribution in [-0.4, -0.2) is 37.8 Å². The molecule has 1 N–H and O–H groups in total. The number of aromatic nitrogens is 4. The van der Waals surface area contributed by atoms with Gasteiger partial charge in [-0.25, -0.2) is 9.97 Å². The number of pyridine rings is 1. The molecule has 0 aromatic carbocycles. The molecule has 7 heteroatoms. The minimum atomic E-state index is -0.419. The molecule has 0 spiro atoms. The van der Waals surface area contributed by atoms with Crippen molar-refractivity contribution in [3.63, 3.8) is 0 Å². The van der Waals surface area contributed by atoms with E-state index in [4.69, 9.17) is 9.31 Å². The molecule has 0 unspecified atom stereocenters. The standard InChI is InChI=1S/C18H23BN4O2/c1-11-15(23(6)10-22-11)14-9-21-16-13(14)7-12(8-20-16)19-24-17(2,3)18(4,5)25-19/h7-10H,1-6H3,(H,20,21). The van der Waals surface area contributed by atoms with Crippen molar-refractivity contribution in [2.24, 2.45) is 7.05 Å². The van der Waals surface area contributed by atoms with Crippen LogP contribution >= 0.6 is 0 Å². The summed E-state index contributed by atoms with van der Waals surface area (Å²) in [6.07, 6.45) is 5.63. The lowest BCUT2D eigenvalue weighted by Gasteiger charge is -2.32. The molecular weight excluding hydrogens is 315 g/mol. The Kier molecular flexibility index (Phi) is 3.40. The number of imidazole rings is 1. The highest BCUT2D eigenvalue weighted by atomic mass is 16.7. The van der Waals surface area contributed by atoms with E-state index in [1.165, 1.54) is 0 Å². The zero-order valence-electron chi connectivity index (χ0n) is 15.5. The summed E-state index contributed by atoms with van der Waals surface area (Å²) < 4.78 is 14.4. The van der Waals surface area contributed by atoms with Crippen molar-refractivity contribution in [1.29, 1.82) is 0 Å². The maximum atomic E-state index is 6.16. The van der Waals surface area contributed by atoms with Crippen LogP contribution < -0.4 is 5.46 Å². The number of hydrogen-bond acceptors (Lipinski definition) is 4. The van der Waals surface area contributed by atoms with Gasteiger partial charge in [-0.15, -0.1) is 0 Å². The van der Waals surface area contributed by atoms with E-state index in [1.54, 1.807) is 0 Å². The Balaban J connectivity index is 1.80. The van der Waals surface area contributed by atoms with Crippen LogP contribution in [0.25, 0.3) is 22.3 Å². The third-order valence-corrected chi connectivity index (χ3v) is 5.45. The van der Waals surface area contributed by atoms with Crippen LogP contribution in [0.4, 0.5) is 0 Å². The van der Waals surface area contributed by atoms with Crippen molar-refractivity contribution >= 4 is 23.6 Å². The van der Waals surface area contributed by atoms with Gasteiger partial charge in [-0.2, -0.15) is 0 Å². The number of nitrogens with zero attached hydrogens (tertiary/aromatic N) is 3. The smallest absolute Gasteiger partial charge is 0.399 e. The molecule has 1 fully saturated rings. The molecular formula is C18H23BN4O2. The van der Waals surface area contributed by atoms with Gasteiger partial charge >= 0.3 is 7.12 Å². The topological polar surface area (TPSA) is 65.0 Å². The van der Waals surface area contributed by atoms with Crippen LogP contribution in [0.3, 0.4) is 0 Å². The van der Waals surface area contributed by atoms with Crippen LogP contribution in [0, 0.1) is 6.92 Å². The second-order valence-corrected chi connectivity index (χ2v) is 7.74. The first-order valence-electron chi connectivity index (χ1n) is 8.50. The average molecular weight is 338 g/mol. The molecule has 3 aromatic rings. The van der Waals surface area contributed by atoms with Gasteiger partial charge in [0.15, 0.2) is 0 Å². The maximum Gasteiger partial charge on any atom is 0.496 e. The highest BCUT2D eigenvalue weighted by Gasteiger charge is 2.51. The van der Waals surface area contributed by atoms with Gasteiger partial charge < -0.3 is 18.9 Å². The van der Waals surface area contributed by atoms with Crippen molar-refractivity contribution in [3.05, 3.63) is 30.5 Å². The third kappa shape index (κ3) is 2.41. The number of aryl methyl sites for hydroxylation is 2. The molecule has 0 radical (unpaired) electrons. The first kappa shape index (κ1) is 16.4. The van der Waals surface area contributed by atoms with Crippen LogP contribution in [0.5, 0.6) is 0 Å². The van der Waals surface area contributed by atoms with Gasteiger partial charge in [-0.3, -0.25) is 0 Å². The van der Waals surface area contributed by atoms with Gasteiger partial charge in [-0.1, -0.05) is 0 Å². The zero-order chi connectivity index (χ0) is 18.0. The van der Waals surface area contributed by atoms with E-state index >= 15 is 0 Å². The van der Waals surface area contributed by atoms with Crippen LogP contribution in [0.15, 0.2) is 24.8 Å². The Bertz CT molecular complexity index is 922. The van der Waals surface area contributed by atoms with Crippen molar-refractivity contribution in [2.45, 2.75) is 45.8 Å². The quantitative estimate of drug-likeness (QED) is 0.730. The highest BCUT2D eigenvalue weighted by molar-refractivity contribution is 6.62. The third-order valence-electron chi connectivity index (χ3n) is 5.45. The van der Waals surface area contributed by atoms with E-state index in [0.717, 1.165) is 33.4 Å². The van der Waals surface area contributed by atoms with Crippen molar-refractivity contribution in [1.82, 2.24) is 19.5 Å². The Morgan fingerprint density at radius 2 is 1.80 bits per heavy atom. The summed E-state index contributed by atoms with van der Waals surface area (Å²) in [5.41, 5.74) is 4.18. The normalized spacial score (nSPS) is 19.0. The molecule has 4 heterocycles. The van der Waals surface area contributed by atoms with E-state index in [0.29, 0.717) is 0 Å². The van der Waals surface area contributed by atoms with Gasteiger partial charge in [0.1, 0.15) is 5.65 Å². The molecule has 1 aliphatic rings. The number of aromatic amines is 1. The molecule has 0 amide bonds. The largest absolute Gasteiger partial charge is 0.496 e. The van der Waals surface area contributed by atoms with Gasteiger partial charge in [0.2, 0.25) is 0 Å².